The molecule has 5 heteroatoms. The van der Waals surface area contributed by atoms with Gasteiger partial charge in [0.2, 0.25) is 0 Å². The zero-order valence-electron chi connectivity index (χ0n) is 16.8. The molecule has 2 heterocycles. The first kappa shape index (κ1) is 19.0. The van der Waals surface area contributed by atoms with E-state index in [-0.39, 0.29) is 5.91 Å². The Bertz CT molecular complexity index is 986. The van der Waals surface area contributed by atoms with E-state index in [1.165, 1.54) is 0 Å². The minimum atomic E-state index is -0.142. The Labute approximate surface area is 165 Å². The molecule has 2 aromatic carbocycles. The van der Waals surface area contributed by atoms with Crippen molar-refractivity contribution < 1.29 is 13.9 Å². The number of carbonyl (C=O) groups is 1. The van der Waals surface area contributed by atoms with Crippen LogP contribution in [0.5, 0.6) is 0 Å². The van der Waals surface area contributed by atoms with E-state index in [0.717, 1.165) is 53.6 Å². The average molecular weight is 380 g/mol. The SMILES string of the molecule is Cc1c(C(=O)NCC(C(C)C)N2CCOCC2)oc2c1ccc1ccccc12. The molecule has 5 nitrogen and oxygen atoms in total. The summed E-state index contributed by atoms with van der Waals surface area (Å²) in [6.45, 7) is 10.3. The number of hydrogen-bond donors (Lipinski definition) is 1. The van der Waals surface area contributed by atoms with Crippen LogP contribution in [0, 0.1) is 12.8 Å². The Morgan fingerprint density at radius 3 is 2.61 bits per heavy atom. The lowest BCUT2D eigenvalue weighted by molar-refractivity contribution is 0.00666. The van der Waals surface area contributed by atoms with Gasteiger partial charge >= 0.3 is 0 Å². The number of hydrogen-bond acceptors (Lipinski definition) is 4. The van der Waals surface area contributed by atoms with Crippen molar-refractivity contribution in [3.05, 3.63) is 47.7 Å². The molecule has 4 rings (SSSR count). The van der Waals surface area contributed by atoms with Gasteiger partial charge in [-0.2, -0.15) is 0 Å². The molecule has 3 aromatic rings. The minimum absolute atomic E-state index is 0.142. The molecule has 0 saturated carbocycles. The lowest BCUT2D eigenvalue weighted by atomic mass is 10.0. The highest BCUT2D eigenvalue weighted by molar-refractivity contribution is 6.08. The van der Waals surface area contributed by atoms with E-state index in [4.69, 9.17) is 9.15 Å². The van der Waals surface area contributed by atoms with Gasteiger partial charge in [0.05, 0.1) is 13.2 Å². The van der Waals surface area contributed by atoms with Crippen LogP contribution in [0.15, 0.2) is 40.8 Å². The number of fused-ring (bicyclic) bond motifs is 3. The van der Waals surface area contributed by atoms with Gasteiger partial charge in [-0.1, -0.05) is 50.2 Å². The molecule has 1 fully saturated rings. The van der Waals surface area contributed by atoms with Crippen LogP contribution < -0.4 is 5.32 Å². The highest BCUT2D eigenvalue weighted by Gasteiger charge is 2.26. The third-order valence-corrected chi connectivity index (χ3v) is 5.79. The van der Waals surface area contributed by atoms with Crippen LogP contribution in [-0.4, -0.2) is 49.7 Å². The number of ether oxygens (including phenoxy) is 1. The van der Waals surface area contributed by atoms with E-state index in [1.807, 2.05) is 31.2 Å². The zero-order chi connectivity index (χ0) is 19.7. The van der Waals surface area contributed by atoms with Gasteiger partial charge in [-0.3, -0.25) is 9.69 Å². The molecule has 0 radical (unpaired) electrons. The van der Waals surface area contributed by atoms with Crippen molar-refractivity contribution >= 4 is 27.6 Å². The Morgan fingerprint density at radius 1 is 1.11 bits per heavy atom. The van der Waals surface area contributed by atoms with Gasteiger partial charge in [0.25, 0.3) is 5.91 Å². The largest absolute Gasteiger partial charge is 0.450 e. The van der Waals surface area contributed by atoms with Crippen molar-refractivity contribution in [1.29, 1.82) is 0 Å². The van der Waals surface area contributed by atoms with E-state index in [0.29, 0.717) is 24.3 Å². The number of carbonyl (C=O) groups excluding carboxylic acids is 1. The summed E-state index contributed by atoms with van der Waals surface area (Å²) in [6, 6.07) is 12.5. The number of furan rings is 1. The van der Waals surface area contributed by atoms with Gasteiger partial charge in [-0.25, -0.2) is 0 Å². The maximum absolute atomic E-state index is 12.9. The number of morpholine rings is 1. The fourth-order valence-corrected chi connectivity index (χ4v) is 4.14. The van der Waals surface area contributed by atoms with E-state index >= 15 is 0 Å². The predicted molar refractivity (Wildman–Crippen MR) is 112 cm³/mol. The van der Waals surface area contributed by atoms with Crippen LogP contribution >= 0.6 is 0 Å². The molecular formula is C23H28N2O3. The second kappa shape index (κ2) is 7.94. The van der Waals surface area contributed by atoms with Crippen LogP contribution in [-0.2, 0) is 4.74 Å². The molecular weight excluding hydrogens is 352 g/mol. The molecule has 1 N–H and O–H groups in total. The molecule has 1 amide bonds. The molecule has 1 aromatic heterocycles. The molecule has 0 aliphatic carbocycles. The highest BCUT2D eigenvalue weighted by atomic mass is 16.5. The van der Waals surface area contributed by atoms with Gasteiger partial charge < -0.3 is 14.5 Å². The third-order valence-electron chi connectivity index (χ3n) is 5.79. The van der Waals surface area contributed by atoms with Gasteiger partial charge in [0.1, 0.15) is 5.58 Å². The molecule has 1 unspecified atom stereocenters. The Balaban J connectivity index is 1.56. The molecule has 0 bridgehead atoms. The first-order valence-corrected chi connectivity index (χ1v) is 10.1. The number of nitrogens with zero attached hydrogens (tertiary/aromatic N) is 1. The Morgan fingerprint density at radius 2 is 1.86 bits per heavy atom. The minimum Gasteiger partial charge on any atom is -0.450 e. The Kier molecular flexibility index (Phi) is 5.38. The zero-order valence-corrected chi connectivity index (χ0v) is 16.8. The van der Waals surface area contributed by atoms with Crippen molar-refractivity contribution in [3.63, 3.8) is 0 Å². The molecule has 1 saturated heterocycles. The van der Waals surface area contributed by atoms with Crippen LogP contribution in [0.4, 0.5) is 0 Å². The predicted octanol–water partition coefficient (Wildman–Crippen LogP) is 3.98. The number of benzene rings is 2. The number of nitrogens with one attached hydrogen (secondary N) is 1. The molecule has 1 aliphatic rings. The maximum Gasteiger partial charge on any atom is 0.287 e. The van der Waals surface area contributed by atoms with Gasteiger partial charge in [-0.05, 0) is 18.2 Å². The van der Waals surface area contributed by atoms with Crippen LogP contribution in [0.25, 0.3) is 21.7 Å². The topological polar surface area (TPSA) is 54.7 Å². The van der Waals surface area contributed by atoms with E-state index in [9.17, 15) is 4.79 Å². The lowest BCUT2D eigenvalue weighted by Gasteiger charge is -2.36. The average Bonchev–Trinajstić information content (AvgIpc) is 3.06. The first-order chi connectivity index (χ1) is 13.6. The summed E-state index contributed by atoms with van der Waals surface area (Å²) >= 11 is 0. The fraction of sp³-hybridized carbons (Fsp3) is 0.435. The highest BCUT2D eigenvalue weighted by Crippen LogP contribution is 2.31. The van der Waals surface area contributed by atoms with Crippen molar-refractivity contribution in [2.45, 2.75) is 26.8 Å². The van der Waals surface area contributed by atoms with E-state index < -0.39 is 0 Å². The molecule has 1 atom stereocenters. The monoisotopic (exact) mass is 380 g/mol. The summed E-state index contributed by atoms with van der Waals surface area (Å²) in [6.07, 6.45) is 0. The van der Waals surface area contributed by atoms with Crippen molar-refractivity contribution in [1.82, 2.24) is 10.2 Å². The summed E-state index contributed by atoms with van der Waals surface area (Å²) in [5.74, 6) is 0.714. The van der Waals surface area contributed by atoms with Crippen LogP contribution in [0.1, 0.15) is 30.0 Å². The number of rotatable bonds is 5. The summed E-state index contributed by atoms with van der Waals surface area (Å²) in [7, 11) is 0. The summed E-state index contributed by atoms with van der Waals surface area (Å²) < 4.78 is 11.5. The normalized spacial score (nSPS) is 16.7. The second-order valence-corrected chi connectivity index (χ2v) is 7.89. The number of aryl methyl sites for hydroxylation is 1. The first-order valence-electron chi connectivity index (χ1n) is 10.1. The Hall–Kier alpha value is -2.37. The van der Waals surface area contributed by atoms with Gasteiger partial charge in [0.15, 0.2) is 5.76 Å². The fourth-order valence-electron chi connectivity index (χ4n) is 4.14. The summed E-state index contributed by atoms with van der Waals surface area (Å²) in [5, 5.41) is 6.26. The number of amides is 1. The molecule has 1 aliphatic heterocycles. The molecule has 148 valence electrons. The van der Waals surface area contributed by atoms with Crippen molar-refractivity contribution in [2.24, 2.45) is 5.92 Å². The van der Waals surface area contributed by atoms with E-state index in [2.05, 4.69) is 36.2 Å². The maximum atomic E-state index is 12.9. The van der Waals surface area contributed by atoms with Crippen LogP contribution in [0.2, 0.25) is 0 Å². The van der Waals surface area contributed by atoms with E-state index in [1.54, 1.807) is 0 Å². The van der Waals surface area contributed by atoms with Crippen molar-refractivity contribution in [2.75, 3.05) is 32.8 Å². The van der Waals surface area contributed by atoms with Gasteiger partial charge in [0, 0.05) is 42.0 Å². The second-order valence-electron chi connectivity index (χ2n) is 7.89. The van der Waals surface area contributed by atoms with Crippen LogP contribution in [0.3, 0.4) is 0 Å². The molecule has 28 heavy (non-hydrogen) atoms. The summed E-state index contributed by atoms with van der Waals surface area (Å²) in [4.78, 5) is 15.3. The molecule has 0 spiro atoms. The third kappa shape index (κ3) is 3.52. The quantitative estimate of drug-likeness (QED) is 0.727. The standard InChI is InChI=1S/C23H28N2O3/c1-15(2)20(25-10-12-27-13-11-25)14-24-23(26)21-16(3)18-9-8-17-6-4-5-7-19(17)22(18)28-21/h4-9,15,20H,10-14H2,1-3H3,(H,24,26). The lowest BCUT2D eigenvalue weighted by Crippen LogP contribution is -2.51. The van der Waals surface area contributed by atoms with Crippen molar-refractivity contribution in [3.8, 4) is 0 Å². The smallest absolute Gasteiger partial charge is 0.287 e. The summed E-state index contributed by atoms with van der Waals surface area (Å²) in [5.41, 5.74) is 1.68. The van der Waals surface area contributed by atoms with Gasteiger partial charge in [-0.15, -0.1) is 0 Å².